The molecule has 0 aliphatic heterocycles. The third-order valence-corrected chi connectivity index (χ3v) is 7.17. The van der Waals surface area contributed by atoms with Crippen LogP contribution in [0, 0.1) is 26.6 Å². The third-order valence-electron chi connectivity index (χ3n) is 5.09. The van der Waals surface area contributed by atoms with E-state index in [4.69, 9.17) is 4.98 Å². The molecule has 0 aliphatic rings. The zero-order valence-corrected chi connectivity index (χ0v) is 19.4. The molecule has 164 valence electrons. The maximum Gasteiger partial charge on any atom is 0.263 e. The topological polar surface area (TPSA) is 76.9 Å². The molecule has 0 fully saturated rings. The second kappa shape index (κ2) is 9.22. The molecular formula is C23H21FN4O2S2. The van der Waals surface area contributed by atoms with Gasteiger partial charge in [0.2, 0.25) is 5.91 Å². The van der Waals surface area contributed by atoms with Crippen LogP contribution in [0.4, 0.5) is 10.1 Å². The van der Waals surface area contributed by atoms with Crippen LogP contribution in [0.3, 0.4) is 0 Å². The fourth-order valence-corrected chi connectivity index (χ4v) is 5.08. The van der Waals surface area contributed by atoms with Gasteiger partial charge in [-0.15, -0.1) is 11.3 Å². The van der Waals surface area contributed by atoms with Crippen molar-refractivity contribution in [3.63, 3.8) is 0 Å². The van der Waals surface area contributed by atoms with Crippen LogP contribution in [0.2, 0.25) is 0 Å². The highest BCUT2D eigenvalue weighted by Crippen LogP contribution is 2.28. The zero-order chi connectivity index (χ0) is 22.8. The van der Waals surface area contributed by atoms with Gasteiger partial charge in [-0.1, -0.05) is 23.9 Å². The number of carbonyl (C=O) groups is 1. The fourth-order valence-electron chi connectivity index (χ4n) is 3.21. The molecule has 32 heavy (non-hydrogen) atoms. The van der Waals surface area contributed by atoms with Crippen LogP contribution in [0.1, 0.15) is 21.7 Å². The van der Waals surface area contributed by atoms with Crippen molar-refractivity contribution in [2.75, 3.05) is 11.1 Å². The molecule has 0 spiro atoms. The summed E-state index contributed by atoms with van der Waals surface area (Å²) in [6.45, 7) is 5.80. The van der Waals surface area contributed by atoms with Crippen LogP contribution in [0.5, 0.6) is 0 Å². The predicted molar refractivity (Wildman–Crippen MR) is 127 cm³/mol. The number of pyridine rings is 1. The van der Waals surface area contributed by atoms with E-state index in [1.165, 1.54) is 29.2 Å². The lowest BCUT2D eigenvalue weighted by Gasteiger charge is -2.12. The first-order valence-electron chi connectivity index (χ1n) is 9.92. The summed E-state index contributed by atoms with van der Waals surface area (Å²) >= 11 is 2.64. The van der Waals surface area contributed by atoms with Crippen molar-refractivity contribution >= 4 is 44.9 Å². The monoisotopic (exact) mass is 468 g/mol. The number of halogens is 1. The van der Waals surface area contributed by atoms with E-state index in [1.807, 2.05) is 32.0 Å². The van der Waals surface area contributed by atoms with Gasteiger partial charge in [0.15, 0.2) is 5.16 Å². The Labute approximate surface area is 192 Å². The van der Waals surface area contributed by atoms with Gasteiger partial charge in [0, 0.05) is 16.8 Å². The van der Waals surface area contributed by atoms with Gasteiger partial charge in [0.05, 0.1) is 23.4 Å². The molecule has 3 heterocycles. The van der Waals surface area contributed by atoms with E-state index in [0.29, 0.717) is 26.6 Å². The zero-order valence-electron chi connectivity index (χ0n) is 17.8. The minimum atomic E-state index is -0.379. The van der Waals surface area contributed by atoms with Gasteiger partial charge >= 0.3 is 0 Å². The number of fused-ring (bicyclic) bond motifs is 1. The summed E-state index contributed by atoms with van der Waals surface area (Å²) in [4.78, 5) is 36.5. The van der Waals surface area contributed by atoms with Gasteiger partial charge < -0.3 is 5.32 Å². The lowest BCUT2D eigenvalue weighted by atomic mass is 10.2. The Hall–Kier alpha value is -3.04. The largest absolute Gasteiger partial charge is 0.325 e. The number of amides is 1. The predicted octanol–water partition coefficient (Wildman–Crippen LogP) is 4.70. The molecule has 9 heteroatoms. The molecule has 1 N–H and O–H groups in total. The molecule has 0 unspecified atom stereocenters. The molecule has 0 radical (unpaired) electrons. The van der Waals surface area contributed by atoms with Crippen LogP contribution in [-0.4, -0.2) is 26.2 Å². The lowest BCUT2D eigenvalue weighted by molar-refractivity contribution is -0.113. The second-order valence-electron chi connectivity index (χ2n) is 7.37. The van der Waals surface area contributed by atoms with E-state index >= 15 is 0 Å². The Kier molecular flexibility index (Phi) is 6.38. The summed E-state index contributed by atoms with van der Waals surface area (Å²) in [7, 11) is 0. The minimum Gasteiger partial charge on any atom is -0.325 e. The molecule has 0 bridgehead atoms. The first-order chi connectivity index (χ1) is 15.3. The van der Waals surface area contributed by atoms with E-state index < -0.39 is 0 Å². The third kappa shape index (κ3) is 4.58. The summed E-state index contributed by atoms with van der Waals surface area (Å²) in [5.74, 6) is -0.662. The Morgan fingerprint density at radius 1 is 1.22 bits per heavy atom. The molecule has 0 atom stereocenters. The molecule has 0 saturated carbocycles. The summed E-state index contributed by atoms with van der Waals surface area (Å²) in [5.41, 5.74) is 2.40. The molecular weight excluding hydrogens is 447 g/mol. The van der Waals surface area contributed by atoms with Crippen molar-refractivity contribution in [2.45, 2.75) is 32.5 Å². The number of thioether (sulfide) groups is 1. The van der Waals surface area contributed by atoms with E-state index in [9.17, 15) is 14.0 Å². The maximum atomic E-state index is 13.8. The summed E-state index contributed by atoms with van der Waals surface area (Å²) in [6.07, 6.45) is 1.67. The molecule has 4 rings (SSSR count). The van der Waals surface area contributed by atoms with Crippen LogP contribution < -0.4 is 10.9 Å². The normalized spacial score (nSPS) is 11.1. The van der Waals surface area contributed by atoms with Gasteiger partial charge in [0.25, 0.3) is 5.56 Å². The van der Waals surface area contributed by atoms with Crippen molar-refractivity contribution in [1.82, 2.24) is 14.5 Å². The Morgan fingerprint density at radius 2 is 2.03 bits per heavy atom. The van der Waals surface area contributed by atoms with Gasteiger partial charge in [-0.05, 0) is 56.2 Å². The molecule has 3 aromatic heterocycles. The number of thiophene rings is 1. The van der Waals surface area contributed by atoms with Gasteiger partial charge in [0.1, 0.15) is 10.6 Å². The molecule has 1 amide bonds. The number of aromatic nitrogens is 3. The number of aryl methyl sites for hydroxylation is 3. The molecule has 6 nitrogen and oxygen atoms in total. The lowest BCUT2D eigenvalue weighted by Crippen LogP contribution is -2.25. The summed E-state index contributed by atoms with van der Waals surface area (Å²) < 4.78 is 15.3. The van der Waals surface area contributed by atoms with Crippen LogP contribution in [0.25, 0.3) is 10.2 Å². The Balaban J connectivity index is 1.63. The smallest absolute Gasteiger partial charge is 0.263 e. The van der Waals surface area contributed by atoms with Gasteiger partial charge in [-0.3, -0.25) is 19.1 Å². The van der Waals surface area contributed by atoms with E-state index in [2.05, 4.69) is 10.3 Å². The fraction of sp³-hybridized carbons (Fsp3) is 0.217. The number of nitrogens with zero attached hydrogens (tertiary/aromatic N) is 3. The number of rotatable bonds is 6. The van der Waals surface area contributed by atoms with E-state index in [-0.39, 0.29) is 29.6 Å². The SMILES string of the molecule is Cc1ccc(NC(=O)CSc2nc3sc(C)c(C)c3c(=O)n2Cc2ccccn2)cc1F. The molecule has 0 saturated heterocycles. The van der Waals surface area contributed by atoms with Crippen LogP contribution in [0.15, 0.2) is 52.5 Å². The minimum absolute atomic E-state index is 0.0268. The highest BCUT2D eigenvalue weighted by atomic mass is 32.2. The molecule has 0 aliphatic carbocycles. The summed E-state index contributed by atoms with van der Waals surface area (Å²) in [6, 6.07) is 10.1. The van der Waals surface area contributed by atoms with Crippen LogP contribution >= 0.6 is 23.1 Å². The Bertz CT molecular complexity index is 1370. The van der Waals surface area contributed by atoms with Crippen molar-refractivity contribution in [3.8, 4) is 0 Å². The highest BCUT2D eigenvalue weighted by Gasteiger charge is 2.18. The molecule has 1 aromatic carbocycles. The quantitative estimate of drug-likeness (QED) is 0.328. The first kappa shape index (κ1) is 22.2. The summed E-state index contributed by atoms with van der Waals surface area (Å²) in [5, 5.41) is 3.74. The maximum absolute atomic E-state index is 13.8. The van der Waals surface area contributed by atoms with Gasteiger partial charge in [-0.25, -0.2) is 9.37 Å². The first-order valence-corrected chi connectivity index (χ1v) is 11.7. The average molecular weight is 469 g/mol. The van der Waals surface area contributed by atoms with Gasteiger partial charge in [-0.2, -0.15) is 0 Å². The van der Waals surface area contributed by atoms with Crippen LogP contribution in [-0.2, 0) is 11.3 Å². The van der Waals surface area contributed by atoms with E-state index in [1.54, 1.807) is 29.8 Å². The number of hydrogen-bond acceptors (Lipinski definition) is 6. The highest BCUT2D eigenvalue weighted by molar-refractivity contribution is 7.99. The van der Waals surface area contributed by atoms with Crippen molar-refractivity contribution in [3.05, 3.63) is 80.5 Å². The second-order valence-corrected chi connectivity index (χ2v) is 9.52. The number of anilines is 1. The standard InChI is InChI=1S/C23H21FN4O2S2/c1-13-7-8-16(10-18(13)24)26-19(29)12-31-23-27-21-20(14(2)15(3)32-21)22(30)28(23)11-17-6-4-5-9-25-17/h4-10H,11-12H2,1-3H3,(H,26,29). The van der Waals surface area contributed by atoms with E-state index in [0.717, 1.165) is 16.1 Å². The van der Waals surface area contributed by atoms with Crippen molar-refractivity contribution in [2.24, 2.45) is 0 Å². The molecule has 4 aromatic rings. The van der Waals surface area contributed by atoms with Crippen molar-refractivity contribution in [1.29, 1.82) is 0 Å². The number of hydrogen-bond donors (Lipinski definition) is 1. The number of nitrogens with one attached hydrogen (secondary N) is 1. The number of carbonyl (C=O) groups excluding carboxylic acids is 1. The Morgan fingerprint density at radius 3 is 2.75 bits per heavy atom. The van der Waals surface area contributed by atoms with Crippen molar-refractivity contribution < 1.29 is 9.18 Å². The average Bonchev–Trinajstić information content (AvgIpc) is 3.06. The number of benzene rings is 1.